The largest absolute Gasteiger partial charge is 0.363 e. The highest BCUT2D eigenvalue weighted by Crippen LogP contribution is 2.24. The molecule has 1 aromatic heterocycles. The van der Waals surface area contributed by atoms with Gasteiger partial charge < -0.3 is 10.3 Å². The fraction of sp³-hybridized carbons (Fsp3) is 0.286. The zero-order valence-electron chi connectivity index (χ0n) is 10.8. The van der Waals surface area contributed by atoms with Gasteiger partial charge in [-0.2, -0.15) is 0 Å². The van der Waals surface area contributed by atoms with E-state index in [9.17, 15) is 14.0 Å². The summed E-state index contributed by atoms with van der Waals surface area (Å²) in [6.45, 7) is 4.66. The van der Waals surface area contributed by atoms with Gasteiger partial charge in [-0.15, -0.1) is 0 Å². The summed E-state index contributed by atoms with van der Waals surface area (Å²) in [6.07, 6.45) is 1.57. The van der Waals surface area contributed by atoms with Gasteiger partial charge >= 0.3 is 0 Å². The van der Waals surface area contributed by atoms with Crippen molar-refractivity contribution < 1.29 is 14.0 Å². The zero-order valence-corrected chi connectivity index (χ0v) is 10.8. The van der Waals surface area contributed by atoms with Gasteiger partial charge in [0, 0.05) is 18.1 Å². The molecule has 0 bridgehead atoms. The highest BCUT2D eigenvalue weighted by Gasteiger charge is 2.19. The van der Waals surface area contributed by atoms with Gasteiger partial charge in [-0.25, -0.2) is 4.39 Å². The summed E-state index contributed by atoms with van der Waals surface area (Å²) in [5.41, 5.74) is 5.85. The van der Waals surface area contributed by atoms with Gasteiger partial charge in [0.2, 0.25) is 0 Å². The van der Waals surface area contributed by atoms with Gasteiger partial charge in [-0.1, -0.05) is 13.8 Å². The Hall–Kier alpha value is -2.17. The number of carbonyl (C=O) groups is 2. The molecule has 0 saturated heterocycles. The summed E-state index contributed by atoms with van der Waals surface area (Å²) in [4.78, 5) is 22.8. The van der Waals surface area contributed by atoms with Gasteiger partial charge in [0.1, 0.15) is 5.82 Å². The Balaban J connectivity index is 2.66. The maximum atomic E-state index is 13.3. The van der Waals surface area contributed by atoms with Crippen LogP contribution in [0.1, 0.15) is 24.2 Å². The molecule has 2 aromatic rings. The fourth-order valence-electron chi connectivity index (χ4n) is 2.12. The second-order valence-electron chi connectivity index (χ2n) is 4.94. The summed E-state index contributed by atoms with van der Waals surface area (Å²) >= 11 is 0. The fourth-order valence-corrected chi connectivity index (χ4v) is 2.12. The Labute approximate surface area is 110 Å². The minimum absolute atomic E-state index is 0.225. The number of aromatic nitrogens is 1. The lowest BCUT2D eigenvalue weighted by Gasteiger charge is -2.07. The topological polar surface area (TPSA) is 65.1 Å². The molecule has 0 atom stereocenters. The zero-order chi connectivity index (χ0) is 14.2. The van der Waals surface area contributed by atoms with Crippen molar-refractivity contribution in [2.45, 2.75) is 20.4 Å². The average Bonchev–Trinajstić information content (AvgIpc) is 2.65. The van der Waals surface area contributed by atoms with Crippen molar-refractivity contribution in [3.63, 3.8) is 0 Å². The van der Waals surface area contributed by atoms with E-state index in [1.165, 1.54) is 18.2 Å². The molecule has 0 aliphatic heterocycles. The Kier molecular flexibility index (Phi) is 3.38. The monoisotopic (exact) mass is 262 g/mol. The first-order valence-electron chi connectivity index (χ1n) is 6.02. The molecule has 1 aromatic carbocycles. The van der Waals surface area contributed by atoms with E-state index in [1.807, 2.05) is 13.8 Å². The number of nitrogens with zero attached hydrogens (tertiary/aromatic N) is 1. The van der Waals surface area contributed by atoms with Crippen molar-refractivity contribution in [2.75, 3.05) is 0 Å². The number of fused-ring (bicyclic) bond motifs is 1. The van der Waals surface area contributed by atoms with E-state index in [0.717, 1.165) is 0 Å². The molecule has 0 radical (unpaired) electrons. The van der Waals surface area contributed by atoms with E-state index in [0.29, 0.717) is 23.4 Å². The van der Waals surface area contributed by atoms with Crippen LogP contribution in [0.5, 0.6) is 0 Å². The smallest absolute Gasteiger partial charge is 0.289 e. The number of hydrogen-bond donors (Lipinski definition) is 1. The summed E-state index contributed by atoms with van der Waals surface area (Å²) < 4.78 is 15.1. The molecular weight excluding hydrogens is 247 g/mol. The molecule has 2 rings (SSSR count). The molecule has 0 aliphatic rings. The van der Waals surface area contributed by atoms with Crippen LogP contribution in [0.15, 0.2) is 24.4 Å². The van der Waals surface area contributed by atoms with Crippen LogP contribution in [0.3, 0.4) is 0 Å². The molecule has 0 saturated carbocycles. The maximum absolute atomic E-state index is 13.3. The van der Waals surface area contributed by atoms with Crippen molar-refractivity contribution in [3.05, 3.63) is 35.8 Å². The Bertz CT molecular complexity index is 659. The molecule has 0 spiro atoms. The lowest BCUT2D eigenvalue weighted by atomic mass is 10.1. The second-order valence-corrected chi connectivity index (χ2v) is 4.94. The molecular formula is C14H15FN2O2. The maximum Gasteiger partial charge on any atom is 0.289 e. The minimum Gasteiger partial charge on any atom is -0.363 e. The molecule has 4 nitrogen and oxygen atoms in total. The number of hydrogen-bond acceptors (Lipinski definition) is 2. The van der Waals surface area contributed by atoms with E-state index in [1.54, 1.807) is 10.8 Å². The van der Waals surface area contributed by atoms with E-state index in [2.05, 4.69) is 0 Å². The summed E-state index contributed by atoms with van der Waals surface area (Å²) in [5, 5.41) is 0.547. The molecule has 2 N–H and O–H groups in total. The predicted molar refractivity (Wildman–Crippen MR) is 70.3 cm³/mol. The molecule has 19 heavy (non-hydrogen) atoms. The van der Waals surface area contributed by atoms with E-state index < -0.39 is 11.7 Å². The third-order valence-corrected chi connectivity index (χ3v) is 2.87. The number of Topliss-reactive ketones (excluding diaryl/α,β-unsaturated/α-hetero) is 1. The van der Waals surface area contributed by atoms with Gasteiger partial charge in [-0.3, -0.25) is 9.59 Å². The van der Waals surface area contributed by atoms with E-state index in [4.69, 9.17) is 5.73 Å². The average molecular weight is 262 g/mol. The number of carbonyl (C=O) groups excluding carboxylic acids is 2. The van der Waals surface area contributed by atoms with Gasteiger partial charge in [0.15, 0.2) is 0 Å². The number of rotatable bonds is 4. The van der Waals surface area contributed by atoms with Gasteiger partial charge in [0.25, 0.3) is 11.7 Å². The molecule has 5 heteroatoms. The van der Waals surface area contributed by atoms with Crippen LogP contribution in [-0.2, 0) is 11.3 Å². The number of halogens is 1. The highest BCUT2D eigenvalue weighted by molar-refractivity contribution is 6.44. The summed E-state index contributed by atoms with van der Waals surface area (Å²) in [7, 11) is 0. The number of ketones is 1. The third-order valence-electron chi connectivity index (χ3n) is 2.87. The van der Waals surface area contributed by atoms with Crippen LogP contribution in [0.25, 0.3) is 10.9 Å². The Morgan fingerprint density at radius 1 is 1.37 bits per heavy atom. The minimum atomic E-state index is -1.01. The number of amides is 1. The molecule has 100 valence electrons. The molecule has 1 heterocycles. The van der Waals surface area contributed by atoms with Crippen LogP contribution in [0, 0.1) is 11.7 Å². The van der Waals surface area contributed by atoms with Crippen molar-refractivity contribution in [3.8, 4) is 0 Å². The first kappa shape index (κ1) is 13.3. The van der Waals surface area contributed by atoms with Gasteiger partial charge in [-0.05, 0) is 24.1 Å². The molecule has 0 aliphatic carbocycles. The predicted octanol–water partition coefficient (Wildman–Crippen LogP) is 2.10. The molecule has 0 unspecified atom stereocenters. The summed E-state index contributed by atoms with van der Waals surface area (Å²) in [5.74, 6) is -1.81. The van der Waals surface area contributed by atoms with Crippen LogP contribution in [0.4, 0.5) is 4.39 Å². The Morgan fingerprint density at radius 3 is 2.63 bits per heavy atom. The van der Waals surface area contributed by atoms with Crippen LogP contribution in [-0.4, -0.2) is 16.3 Å². The van der Waals surface area contributed by atoms with E-state index in [-0.39, 0.29) is 11.4 Å². The van der Waals surface area contributed by atoms with E-state index >= 15 is 0 Å². The lowest BCUT2D eigenvalue weighted by molar-refractivity contribution is -0.114. The van der Waals surface area contributed by atoms with Crippen molar-refractivity contribution in [1.29, 1.82) is 0 Å². The van der Waals surface area contributed by atoms with Crippen LogP contribution < -0.4 is 5.73 Å². The SMILES string of the molecule is CC(C)Cn1cc(C(=O)C(N)=O)c2ccc(F)cc21. The van der Waals surface area contributed by atoms with Gasteiger partial charge in [0.05, 0.1) is 11.1 Å². The second kappa shape index (κ2) is 4.84. The highest BCUT2D eigenvalue weighted by atomic mass is 19.1. The Morgan fingerprint density at radius 2 is 2.05 bits per heavy atom. The first-order chi connectivity index (χ1) is 8.90. The first-order valence-corrected chi connectivity index (χ1v) is 6.02. The quantitative estimate of drug-likeness (QED) is 0.677. The van der Waals surface area contributed by atoms with Crippen LogP contribution >= 0.6 is 0 Å². The summed E-state index contributed by atoms with van der Waals surface area (Å²) in [6, 6.07) is 4.12. The third kappa shape index (κ3) is 2.50. The van der Waals surface area contributed by atoms with Crippen molar-refractivity contribution >= 4 is 22.6 Å². The number of benzene rings is 1. The lowest BCUT2D eigenvalue weighted by Crippen LogP contribution is -2.22. The van der Waals surface area contributed by atoms with Crippen molar-refractivity contribution in [1.82, 2.24) is 4.57 Å². The van der Waals surface area contributed by atoms with Crippen LogP contribution in [0.2, 0.25) is 0 Å². The normalized spacial score (nSPS) is 11.2. The molecule has 0 fully saturated rings. The number of primary amides is 1. The molecule has 1 amide bonds. The van der Waals surface area contributed by atoms with Crippen molar-refractivity contribution in [2.24, 2.45) is 11.7 Å². The standard InChI is InChI=1S/C14H15FN2O2/c1-8(2)6-17-7-11(13(18)14(16)19)10-4-3-9(15)5-12(10)17/h3-5,7-8H,6H2,1-2H3,(H2,16,19). The number of nitrogens with two attached hydrogens (primary N) is 1.